The second-order valence-corrected chi connectivity index (χ2v) is 4.59. The van der Waals surface area contributed by atoms with Gasteiger partial charge in [-0.3, -0.25) is 4.68 Å². The molecule has 0 radical (unpaired) electrons. The van der Waals surface area contributed by atoms with Gasteiger partial charge in [0.1, 0.15) is 5.69 Å². The lowest BCUT2D eigenvalue weighted by molar-refractivity contribution is 0.605. The van der Waals surface area contributed by atoms with Gasteiger partial charge in [0.05, 0.1) is 0 Å². The molecule has 0 amide bonds. The minimum atomic E-state index is 0.484. The molecule has 2 N–H and O–H groups in total. The Kier molecular flexibility index (Phi) is 2.29. The Morgan fingerprint density at radius 3 is 3.12 bits per heavy atom. The van der Waals surface area contributed by atoms with Gasteiger partial charge in [-0.2, -0.15) is 9.61 Å². The van der Waals surface area contributed by atoms with Crippen molar-refractivity contribution in [1.82, 2.24) is 29.6 Å². The Balaban J connectivity index is 2.16. The van der Waals surface area contributed by atoms with Crippen LogP contribution >= 0.6 is 11.3 Å². The number of aromatic nitrogens is 6. The van der Waals surface area contributed by atoms with E-state index in [1.54, 1.807) is 10.7 Å². The summed E-state index contributed by atoms with van der Waals surface area (Å²) < 4.78 is 3.55. The van der Waals surface area contributed by atoms with E-state index < -0.39 is 0 Å². The van der Waals surface area contributed by atoms with Crippen molar-refractivity contribution in [3.05, 3.63) is 12.3 Å². The molecule has 3 rings (SSSR count). The van der Waals surface area contributed by atoms with Crippen molar-refractivity contribution >= 4 is 21.4 Å². The monoisotopic (exact) mass is 249 g/mol. The van der Waals surface area contributed by atoms with Gasteiger partial charge in [-0.15, -0.1) is 15.3 Å². The van der Waals surface area contributed by atoms with Crippen LogP contribution in [-0.4, -0.2) is 29.6 Å². The van der Waals surface area contributed by atoms with E-state index in [9.17, 15) is 0 Å². The molecular weight excluding hydrogens is 238 g/mol. The third kappa shape index (κ3) is 1.57. The van der Waals surface area contributed by atoms with E-state index >= 15 is 0 Å². The summed E-state index contributed by atoms with van der Waals surface area (Å²) in [6.45, 7) is 2.95. The van der Waals surface area contributed by atoms with Crippen LogP contribution in [0, 0.1) is 0 Å². The number of fused-ring (bicyclic) bond motifs is 1. The second-order valence-electron chi connectivity index (χ2n) is 3.60. The van der Waals surface area contributed by atoms with E-state index in [0.717, 1.165) is 18.7 Å². The summed E-state index contributed by atoms with van der Waals surface area (Å²) in [6.07, 6.45) is 2.76. The molecule has 0 fully saturated rings. The third-order valence-electron chi connectivity index (χ3n) is 2.39. The molecule has 0 unspecified atom stereocenters. The Labute approximate surface area is 101 Å². The molecule has 0 aliphatic carbocycles. The lowest BCUT2D eigenvalue weighted by Gasteiger charge is -2.02. The van der Waals surface area contributed by atoms with Crippen molar-refractivity contribution in [3.63, 3.8) is 0 Å². The van der Waals surface area contributed by atoms with Gasteiger partial charge in [0.15, 0.2) is 0 Å². The highest BCUT2D eigenvalue weighted by molar-refractivity contribution is 7.20. The molecule has 0 aromatic carbocycles. The fourth-order valence-electron chi connectivity index (χ4n) is 1.70. The Bertz CT molecular complexity index is 649. The van der Waals surface area contributed by atoms with E-state index in [-0.39, 0.29) is 0 Å². The van der Waals surface area contributed by atoms with Crippen LogP contribution in [0.15, 0.2) is 12.3 Å². The van der Waals surface area contributed by atoms with E-state index in [2.05, 4.69) is 27.3 Å². The highest BCUT2D eigenvalue weighted by Crippen LogP contribution is 2.22. The molecule has 0 aliphatic rings. The van der Waals surface area contributed by atoms with E-state index in [0.29, 0.717) is 15.9 Å². The fraction of sp³-hybridized carbons (Fsp3) is 0.333. The maximum absolute atomic E-state index is 5.65. The minimum absolute atomic E-state index is 0.484. The van der Waals surface area contributed by atoms with E-state index in [1.165, 1.54) is 11.3 Å². The van der Waals surface area contributed by atoms with Gasteiger partial charge in [0.2, 0.25) is 15.9 Å². The molecule has 0 aliphatic heterocycles. The molecule has 0 saturated carbocycles. The van der Waals surface area contributed by atoms with Crippen LogP contribution in [-0.2, 0) is 6.54 Å². The molecule has 3 aromatic heterocycles. The molecule has 0 saturated heterocycles. The molecule has 3 aromatic rings. The van der Waals surface area contributed by atoms with Crippen molar-refractivity contribution in [3.8, 4) is 11.5 Å². The van der Waals surface area contributed by atoms with Gasteiger partial charge in [-0.05, 0) is 12.5 Å². The maximum atomic E-state index is 5.65. The highest BCUT2D eigenvalue weighted by atomic mass is 32.1. The SMILES string of the molecule is CCCn1nccc1-c1nnc2sc(N)nn12. The zero-order valence-corrected chi connectivity index (χ0v) is 10.1. The molecule has 0 spiro atoms. The number of hydrogen-bond acceptors (Lipinski definition) is 6. The summed E-state index contributed by atoms with van der Waals surface area (Å²) in [4.78, 5) is 0.696. The van der Waals surface area contributed by atoms with Crippen molar-refractivity contribution in [2.24, 2.45) is 0 Å². The molecule has 3 heterocycles. The second kappa shape index (κ2) is 3.81. The number of aryl methyl sites for hydroxylation is 1. The van der Waals surface area contributed by atoms with Crippen LogP contribution in [0.4, 0.5) is 5.13 Å². The molecule has 88 valence electrons. The summed E-state index contributed by atoms with van der Waals surface area (Å²) in [5.74, 6) is 0.680. The van der Waals surface area contributed by atoms with Crippen LogP contribution in [0.2, 0.25) is 0 Å². The molecule has 17 heavy (non-hydrogen) atoms. The third-order valence-corrected chi connectivity index (χ3v) is 3.12. The molecular formula is C9H11N7S. The van der Waals surface area contributed by atoms with Gasteiger partial charge in [0.25, 0.3) is 0 Å². The largest absolute Gasteiger partial charge is 0.374 e. The van der Waals surface area contributed by atoms with E-state index in [1.807, 2.05) is 10.7 Å². The normalized spacial score (nSPS) is 11.4. The number of hydrogen-bond donors (Lipinski definition) is 1. The van der Waals surface area contributed by atoms with Gasteiger partial charge in [-0.1, -0.05) is 18.3 Å². The van der Waals surface area contributed by atoms with Crippen LogP contribution in [0.25, 0.3) is 16.5 Å². The zero-order valence-electron chi connectivity index (χ0n) is 9.24. The van der Waals surface area contributed by atoms with Crippen LogP contribution < -0.4 is 5.73 Å². The number of nitrogens with two attached hydrogens (primary N) is 1. The van der Waals surface area contributed by atoms with Crippen molar-refractivity contribution < 1.29 is 0 Å². The first-order valence-electron chi connectivity index (χ1n) is 5.29. The van der Waals surface area contributed by atoms with Crippen LogP contribution in [0.1, 0.15) is 13.3 Å². The van der Waals surface area contributed by atoms with Crippen LogP contribution in [0.3, 0.4) is 0 Å². The lowest BCUT2D eigenvalue weighted by Crippen LogP contribution is -2.03. The lowest BCUT2D eigenvalue weighted by atomic mass is 10.4. The minimum Gasteiger partial charge on any atom is -0.374 e. The average Bonchev–Trinajstić information content (AvgIpc) is 2.94. The molecule has 7 nitrogen and oxygen atoms in total. The Morgan fingerprint density at radius 2 is 2.29 bits per heavy atom. The average molecular weight is 249 g/mol. The summed E-state index contributed by atoms with van der Waals surface area (Å²) in [6, 6.07) is 1.90. The van der Waals surface area contributed by atoms with Gasteiger partial charge in [0, 0.05) is 12.7 Å². The van der Waals surface area contributed by atoms with Gasteiger partial charge >= 0.3 is 0 Å². The summed E-state index contributed by atoms with van der Waals surface area (Å²) in [7, 11) is 0. The standard InChI is InChI=1S/C9H11N7S/c1-2-5-15-6(3-4-11-15)7-12-13-9-16(7)14-8(10)17-9/h3-4H,2,5H2,1H3,(H2,10,14). The first kappa shape index (κ1) is 10.2. The fourth-order valence-corrected chi connectivity index (χ4v) is 2.31. The van der Waals surface area contributed by atoms with Crippen molar-refractivity contribution in [1.29, 1.82) is 0 Å². The van der Waals surface area contributed by atoms with Crippen molar-refractivity contribution in [2.45, 2.75) is 19.9 Å². The molecule has 8 heteroatoms. The number of nitrogen functional groups attached to an aromatic ring is 1. The summed E-state index contributed by atoms with van der Waals surface area (Å²) in [5.41, 5.74) is 6.56. The maximum Gasteiger partial charge on any atom is 0.236 e. The smallest absolute Gasteiger partial charge is 0.236 e. The van der Waals surface area contributed by atoms with Gasteiger partial charge in [-0.25, -0.2) is 0 Å². The van der Waals surface area contributed by atoms with Crippen molar-refractivity contribution in [2.75, 3.05) is 5.73 Å². The molecule has 0 atom stereocenters. The predicted molar refractivity (Wildman–Crippen MR) is 64.6 cm³/mol. The highest BCUT2D eigenvalue weighted by Gasteiger charge is 2.15. The summed E-state index contributed by atoms with van der Waals surface area (Å²) in [5, 5.41) is 17.1. The summed E-state index contributed by atoms with van der Waals surface area (Å²) >= 11 is 1.32. The first-order chi connectivity index (χ1) is 8.29. The number of anilines is 1. The number of rotatable bonds is 3. The van der Waals surface area contributed by atoms with E-state index in [4.69, 9.17) is 5.73 Å². The quantitative estimate of drug-likeness (QED) is 0.749. The number of nitrogens with zero attached hydrogens (tertiary/aromatic N) is 6. The Morgan fingerprint density at radius 1 is 1.41 bits per heavy atom. The first-order valence-corrected chi connectivity index (χ1v) is 6.11. The predicted octanol–water partition coefficient (Wildman–Crippen LogP) is 1.04. The Hall–Kier alpha value is -1.96. The zero-order chi connectivity index (χ0) is 11.8. The molecule has 0 bridgehead atoms. The van der Waals surface area contributed by atoms with Crippen LogP contribution in [0.5, 0.6) is 0 Å². The van der Waals surface area contributed by atoms with Gasteiger partial charge < -0.3 is 5.73 Å². The topological polar surface area (TPSA) is 86.9 Å².